The minimum atomic E-state index is -1.13. The number of H-pyrrole nitrogens is 1. The van der Waals surface area contributed by atoms with E-state index in [4.69, 9.17) is 5.11 Å². The number of nitrogens with zero attached hydrogens (tertiary/aromatic N) is 1. The van der Waals surface area contributed by atoms with Gasteiger partial charge in [0.1, 0.15) is 6.04 Å². The number of nitrogens with one attached hydrogen (secondary N) is 3. The Hall–Kier alpha value is -3.23. The first-order chi connectivity index (χ1) is 12.3. The van der Waals surface area contributed by atoms with E-state index in [0.717, 1.165) is 0 Å². The molecule has 2 rings (SSSR count). The normalized spacial score (nSPS) is 12.0. The molecule has 0 saturated heterocycles. The number of carboxylic acids is 1. The van der Waals surface area contributed by atoms with E-state index in [1.54, 1.807) is 24.3 Å². The second-order valence-corrected chi connectivity index (χ2v) is 6.22. The number of carbonyl (C=O) groups excluding carboxylic acids is 2. The molecule has 0 aliphatic heterocycles. The maximum Gasteiger partial charge on any atom is 0.326 e. The third-order valence-corrected chi connectivity index (χ3v) is 3.66. The summed E-state index contributed by atoms with van der Waals surface area (Å²) in [6.07, 6.45) is 0.279. The van der Waals surface area contributed by atoms with Crippen molar-refractivity contribution in [2.24, 2.45) is 5.92 Å². The van der Waals surface area contributed by atoms with Crippen molar-refractivity contribution in [3.8, 4) is 0 Å². The van der Waals surface area contributed by atoms with Gasteiger partial charge >= 0.3 is 5.97 Å². The average Bonchev–Trinajstić information content (AvgIpc) is 2.59. The highest BCUT2D eigenvalue weighted by Gasteiger charge is 2.21. The van der Waals surface area contributed by atoms with Crippen LogP contribution in [-0.4, -0.2) is 45.7 Å². The summed E-state index contributed by atoms with van der Waals surface area (Å²) in [5.41, 5.74) is -0.446. The summed E-state index contributed by atoms with van der Waals surface area (Å²) >= 11 is 0. The summed E-state index contributed by atoms with van der Waals surface area (Å²) in [5.74, 6) is -2.32. The topological polar surface area (TPSA) is 141 Å². The van der Waals surface area contributed by atoms with Crippen molar-refractivity contribution in [3.05, 3.63) is 40.3 Å². The lowest BCUT2D eigenvalue weighted by atomic mass is 10.0. The highest BCUT2D eigenvalue weighted by molar-refractivity contribution is 6.05. The predicted molar refractivity (Wildman–Crippen MR) is 93.7 cm³/mol. The first kappa shape index (κ1) is 19.1. The molecule has 0 saturated carbocycles. The standard InChI is InChI=1S/C17H20N4O5/c1-9(2)7-12(17(25)26)19-13(22)8-18-16(24)14-10-5-3-4-6-11(10)15(23)21-20-14/h3-6,9,12H,7-8H2,1-2H3,(H,18,24)(H,19,22)(H,21,23)(H,25,26)/t12-/m0/s1. The van der Waals surface area contributed by atoms with Crippen LogP contribution in [0.15, 0.2) is 29.1 Å². The molecule has 0 radical (unpaired) electrons. The fourth-order valence-corrected chi connectivity index (χ4v) is 2.47. The van der Waals surface area contributed by atoms with Gasteiger partial charge in [0, 0.05) is 5.39 Å². The van der Waals surface area contributed by atoms with Crippen molar-refractivity contribution in [3.63, 3.8) is 0 Å². The highest BCUT2D eigenvalue weighted by Crippen LogP contribution is 2.12. The second-order valence-electron chi connectivity index (χ2n) is 6.22. The number of aromatic amines is 1. The minimum Gasteiger partial charge on any atom is -0.480 e. The Morgan fingerprint density at radius 1 is 1.19 bits per heavy atom. The van der Waals surface area contributed by atoms with Crippen molar-refractivity contribution >= 4 is 28.6 Å². The molecule has 0 bridgehead atoms. The van der Waals surface area contributed by atoms with Gasteiger partial charge in [0.2, 0.25) is 5.91 Å². The van der Waals surface area contributed by atoms with Crippen LogP contribution < -0.4 is 16.2 Å². The predicted octanol–water partition coefficient (Wildman–Crippen LogP) is 0.268. The molecule has 0 spiro atoms. The Morgan fingerprint density at radius 3 is 2.46 bits per heavy atom. The molecule has 1 aromatic heterocycles. The highest BCUT2D eigenvalue weighted by atomic mass is 16.4. The summed E-state index contributed by atoms with van der Waals surface area (Å²) in [7, 11) is 0. The Kier molecular flexibility index (Phi) is 6.05. The summed E-state index contributed by atoms with van der Waals surface area (Å²) in [4.78, 5) is 47.1. The lowest BCUT2D eigenvalue weighted by molar-refractivity contribution is -0.142. The smallest absolute Gasteiger partial charge is 0.326 e. The zero-order valence-corrected chi connectivity index (χ0v) is 14.4. The Labute approximate surface area is 148 Å². The summed E-state index contributed by atoms with van der Waals surface area (Å²) in [6.45, 7) is 3.28. The first-order valence-corrected chi connectivity index (χ1v) is 8.07. The number of fused-ring (bicyclic) bond motifs is 1. The van der Waals surface area contributed by atoms with E-state index < -0.39 is 35.9 Å². The molecule has 2 aromatic rings. The third-order valence-electron chi connectivity index (χ3n) is 3.66. The van der Waals surface area contributed by atoms with Crippen LogP contribution in [-0.2, 0) is 9.59 Å². The molecular formula is C17H20N4O5. The molecular weight excluding hydrogens is 340 g/mol. The van der Waals surface area contributed by atoms with Crippen molar-refractivity contribution in [1.82, 2.24) is 20.8 Å². The molecule has 138 valence electrons. The van der Waals surface area contributed by atoms with Gasteiger partial charge in [-0.05, 0) is 18.4 Å². The SMILES string of the molecule is CC(C)C[C@H](NC(=O)CNC(=O)c1n[nH]c(=O)c2ccccc12)C(=O)O. The molecule has 1 heterocycles. The van der Waals surface area contributed by atoms with Crippen LogP contribution in [0.3, 0.4) is 0 Å². The van der Waals surface area contributed by atoms with Crippen molar-refractivity contribution in [2.75, 3.05) is 6.54 Å². The maximum atomic E-state index is 12.3. The number of aromatic nitrogens is 2. The molecule has 0 unspecified atom stereocenters. The fourth-order valence-electron chi connectivity index (χ4n) is 2.47. The van der Waals surface area contributed by atoms with Crippen LogP contribution in [0.4, 0.5) is 0 Å². The van der Waals surface area contributed by atoms with Crippen LogP contribution in [0, 0.1) is 5.92 Å². The number of amides is 2. The number of hydrogen-bond donors (Lipinski definition) is 4. The van der Waals surface area contributed by atoms with Gasteiger partial charge in [-0.15, -0.1) is 0 Å². The third kappa shape index (κ3) is 4.65. The van der Waals surface area contributed by atoms with Gasteiger partial charge in [-0.25, -0.2) is 9.89 Å². The number of benzene rings is 1. The molecule has 0 fully saturated rings. The Morgan fingerprint density at radius 2 is 1.85 bits per heavy atom. The lowest BCUT2D eigenvalue weighted by Crippen LogP contribution is -2.46. The largest absolute Gasteiger partial charge is 0.480 e. The molecule has 9 heteroatoms. The van der Waals surface area contributed by atoms with Gasteiger partial charge in [-0.1, -0.05) is 32.0 Å². The van der Waals surface area contributed by atoms with Crippen molar-refractivity contribution in [1.29, 1.82) is 0 Å². The van der Waals surface area contributed by atoms with Gasteiger partial charge in [-0.2, -0.15) is 5.10 Å². The molecule has 0 aliphatic rings. The molecule has 26 heavy (non-hydrogen) atoms. The van der Waals surface area contributed by atoms with E-state index in [9.17, 15) is 19.2 Å². The second kappa shape index (κ2) is 8.24. The zero-order chi connectivity index (χ0) is 19.3. The quantitative estimate of drug-likeness (QED) is 0.558. The number of aliphatic carboxylic acids is 1. The molecule has 1 aromatic carbocycles. The monoisotopic (exact) mass is 360 g/mol. The lowest BCUT2D eigenvalue weighted by Gasteiger charge is -2.16. The van der Waals surface area contributed by atoms with Crippen molar-refractivity contribution < 1.29 is 19.5 Å². The van der Waals surface area contributed by atoms with E-state index in [-0.39, 0.29) is 18.0 Å². The molecule has 2 amide bonds. The Bertz CT molecular complexity index is 890. The number of carboxylic acid groups (broad SMARTS) is 1. The van der Waals surface area contributed by atoms with Gasteiger partial charge in [-0.3, -0.25) is 14.4 Å². The van der Waals surface area contributed by atoms with Gasteiger partial charge in [0.25, 0.3) is 11.5 Å². The van der Waals surface area contributed by atoms with E-state index in [1.165, 1.54) is 0 Å². The van der Waals surface area contributed by atoms with E-state index in [1.807, 2.05) is 13.8 Å². The van der Waals surface area contributed by atoms with Gasteiger partial charge < -0.3 is 15.7 Å². The average molecular weight is 360 g/mol. The van der Waals surface area contributed by atoms with Crippen LogP contribution in [0.2, 0.25) is 0 Å². The van der Waals surface area contributed by atoms with E-state index in [0.29, 0.717) is 10.8 Å². The molecule has 1 atom stereocenters. The summed E-state index contributed by atoms with van der Waals surface area (Å²) in [6, 6.07) is 5.44. The van der Waals surface area contributed by atoms with Crippen molar-refractivity contribution in [2.45, 2.75) is 26.3 Å². The van der Waals surface area contributed by atoms with Crippen LogP contribution in [0.1, 0.15) is 30.8 Å². The summed E-state index contributed by atoms with van der Waals surface area (Å²) in [5, 5.41) is 20.5. The summed E-state index contributed by atoms with van der Waals surface area (Å²) < 4.78 is 0. The Balaban J connectivity index is 2.05. The maximum absolute atomic E-state index is 12.3. The molecule has 9 nitrogen and oxygen atoms in total. The minimum absolute atomic E-state index is 0.0232. The van der Waals surface area contributed by atoms with Gasteiger partial charge in [0.15, 0.2) is 5.69 Å². The van der Waals surface area contributed by atoms with Crippen LogP contribution >= 0.6 is 0 Å². The van der Waals surface area contributed by atoms with E-state index >= 15 is 0 Å². The van der Waals surface area contributed by atoms with Crippen LogP contribution in [0.25, 0.3) is 10.8 Å². The molecule has 4 N–H and O–H groups in total. The number of hydrogen-bond acceptors (Lipinski definition) is 5. The van der Waals surface area contributed by atoms with E-state index in [2.05, 4.69) is 20.8 Å². The van der Waals surface area contributed by atoms with Gasteiger partial charge in [0.05, 0.1) is 11.9 Å². The first-order valence-electron chi connectivity index (χ1n) is 8.07. The number of rotatable bonds is 7. The fraction of sp³-hybridized carbons (Fsp3) is 0.353. The molecule has 0 aliphatic carbocycles. The zero-order valence-electron chi connectivity index (χ0n) is 14.4. The van der Waals surface area contributed by atoms with Crippen LogP contribution in [0.5, 0.6) is 0 Å². The number of carbonyl (C=O) groups is 3.